The maximum atomic E-state index is 13.9. The quantitative estimate of drug-likeness (QED) is 0.336. The minimum atomic E-state index is -3.49. The van der Waals surface area contributed by atoms with Crippen molar-refractivity contribution in [2.24, 2.45) is 0 Å². The van der Waals surface area contributed by atoms with Crippen LogP contribution in [0.2, 0.25) is 0 Å². The van der Waals surface area contributed by atoms with E-state index in [-0.39, 0.29) is 35.8 Å². The summed E-state index contributed by atoms with van der Waals surface area (Å²) in [6.45, 7) is 2.49. The van der Waals surface area contributed by atoms with E-state index in [0.29, 0.717) is 32.7 Å². The van der Waals surface area contributed by atoms with Crippen molar-refractivity contribution in [1.82, 2.24) is 14.5 Å². The molecule has 3 aromatic carbocycles. The smallest absolute Gasteiger partial charge is 0.247 e. The fourth-order valence-corrected chi connectivity index (χ4v) is 7.15. The first-order chi connectivity index (χ1) is 20.4. The number of ether oxygens (including phenoxy) is 1. The van der Waals surface area contributed by atoms with Crippen LogP contribution in [-0.2, 0) is 37.3 Å². The van der Waals surface area contributed by atoms with Crippen molar-refractivity contribution in [2.75, 3.05) is 26.2 Å². The maximum absolute atomic E-state index is 13.9. The van der Waals surface area contributed by atoms with Gasteiger partial charge in [-0.05, 0) is 60.9 Å². The van der Waals surface area contributed by atoms with E-state index in [1.54, 1.807) is 29.2 Å². The van der Waals surface area contributed by atoms with Crippen LogP contribution in [0.5, 0.6) is 0 Å². The number of carbonyl (C=O) groups excluding carboxylic acids is 2. The Hall–Kier alpha value is -3.53. The highest BCUT2D eigenvalue weighted by atomic mass is 32.2. The van der Waals surface area contributed by atoms with Gasteiger partial charge in [-0.3, -0.25) is 9.59 Å². The lowest BCUT2D eigenvalue weighted by Gasteiger charge is -2.32. The molecular weight excluding hydrogens is 550 g/mol. The molecule has 5 rings (SSSR count). The molecular formula is C33H39N3O5S. The molecule has 0 unspecified atom stereocenters. The molecule has 0 bridgehead atoms. The summed E-state index contributed by atoms with van der Waals surface area (Å²) in [4.78, 5) is 29.6. The Balaban J connectivity index is 1.34. The van der Waals surface area contributed by atoms with Crippen LogP contribution in [0.15, 0.2) is 89.8 Å². The van der Waals surface area contributed by atoms with E-state index in [2.05, 4.69) is 5.32 Å². The number of carbonyl (C=O) groups is 2. The number of nitrogens with one attached hydrogen (secondary N) is 1. The van der Waals surface area contributed by atoms with Gasteiger partial charge in [0.2, 0.25) is 21.8 Å². The zero-order valence-electron chi connectivity index (χ0n) is 23.9. The van der Waals surface area contributed by atoms with Crippen molar-refractivity contribution in [3.63, 3.8) is 0 Å². The lowest BCUT2D eigenvalue weighted by molar-refractivity contribution is -0.141. The van der Waals surface area contributed by atoms with Gasteiger partial charge in [0.15, 0.2) is 0 Å². The number of rotatable bonds is 12. The summed E-state index contributed by atoms with van der Waals surface area (Å²) in [7, 11) is -3.49. The van der Waals surface area contributed by atoms with E-state index in [0.717, 1.165) is 42.4 Å². The fourth-order valence-electron chi connectivity index (χ4n) is 5.63. The van der Waals surface area contributed by atoms with Crippen molar-refractivity contribution < 1.29 is 22.7 Å². The summed E-state index contributed by atoms with van der Waals surface area (Å²) in [5, 5.41) is 3.04. The molecule has 0 aromatic heterocycles. The van der Waals surface area contributed by atoms with Crippen molar-refractivity contribution in [3.05, 3.63) is 102 Å². The summed E-state index contributed by atoms with van der Waals surface area (Å²) >= 11 is 0. The van der Waals surface area contributed by atoms with Gasteiger partial charge in [-0.25, -0.2) is 8.42 Å². The molecule has 9 heteroatoms. The molecule has 2 atom stereocenters. The van der Waals surface area contributed by atoms with Gasteiger partial charge in [0.1, 0.15) is 6.04 Å². The normalized spacial score (nSPS) is 18.0. The van der Waals surface area contributed by atoms with Gasteiger partial charge in [0, 0.05) is 39.2 Å². The summed E-state index contributed by atoms with van der Waals surface area (Å²) in [6.07, 6.45) is 4.24. The van der Waals surface area contributed by atoms with Gasteiger partial charge < -0.3 is 15.0 Å². The van der Waals surface area contributed by atoms with Crippen molar-refractivity contribution >= 4 is 21.8 Å². The Morgan fingerprint density at radius 1 is 0.881 bits per heavy atom. The number of nitrogens with zero attached hydrogens (tertiary/aromatic N) is 2. The van der Waals surface area contributed by atoms with E-state index < -0.39 is 16.1 Å². The van der Waals surface area contributed by atoms with Crippen LogP contribution in [0, 0.1) is 0 Å². The van der Waals surface area contributed by atoms with E-state index in [4.69, 9.17) is 4.74 Å². The number of hydrogen-bond donors (Lipinski definition) is 1. The van der Waals surface area contributed by atoms with Crippen LogP contribution >= 0.6 is 0 Å². The topological polar surface area (TPSA) is 96.0 Å². The number of amides is 2. The number of aryl methyl sites for hydroxylation is 1. The summed E-state index contributed by atoms with van der Waals surface area (Å²) in [5.41, 5.74) is 2.53. The van der Waals surface area contributed by atoms with E-state index in [1.165, 1.54) is 4.31 Å². The van der Waals surface area contributed by atoms with Crippen molar-refractivity contribution in [3.8, 4) is 0 Å². The Morgan fingerprint density at radius 3 is 2.19 bits per heavy atom. The zero-order valence-corrected chi connectivity index (χ0v) is 24.7. The SMILES string of the molecule is O=C(NC[C@H]1CCCO1)[C@@H](c1ccccc1)N(Cc1ccccc1)C(=O)CCc1ccc(S(=O)(=O)N2CCCC2)cc1. The average Bonchev–Trinajstić information content (AvgIpc) is 3.75. The molecule has 8 nitrogen and oxygen atoms in total. The Bertz CT molecular complexity index is 1420. The third-order valence-corrected chi connectivity index (χ3v) is 9.89. The number of sulfonamides is 1. The number of benzene rings is 3. The van der Waals surface area contributed by atoms with Crippen LogP contribution in [0.1, 0.15) is 54.8 Å². The second kappa shape index (κ2) is 14.1. The monoisotopic (exact) mass is 589 g/mol. The van der Waals surface area contributed by atoms with Gasteiger partial charge >= 0.3 is 0 Å². The Labute approximate surface area is 248 Å². The summed E-state index contributed by atoms with van der Waals surface area (Å²) < 4.78 is 33.0. The van der Waals surface area contributed by atoms with Crippen LogP contribution < -0.4 is 5.32 Å². The predicted octanol–water partition coefficient (Wildman–Crippen LogP) is 4.47. The molecule has 3 aromatic rings. The Morgan fingerprint density at radius 2 is 1.55 bits per heavy atom. The van der Waals surface area contributed by atoms with E-state index in [9.17, 15) is 18.0 Å². The highest BCUT2D eigenvalue weighted by molar-refractivity contribution is 7.89. The molecule has 42 heavy (non-hydrogen) atoms. The Kier molecular flexibility index (Phi) is 10.0. The highest BCUT2D eigenvalue weighted by Crippen LogP contribution is 2.26. The van der Waals surface area contributed by atoms with Crippen LogP contribution in [0.4, 0.5) is 0 Å². The van der Waals surface area contributed by atoms with Gasteiger partial charge in [-0.2, -0.15) is 4.31 Å². The average molecular weight is 590 g/mol. The van der Waals surface area contributed by atoms with Crippen molar-refractivity contribution in [2.45, 2.75) is 62.1 Å². The minimum Gasteiger partial charge on any atom is -0.376 e. The van der Waals surface area contributed by atoms with Crippen LogP contribution in [-0.4, -0.2) is 61.8 Å². The van der Waals surface area contributed by atoms with Gasteiger partial charge in [0.25, 0.3) is 0 Å². The minimum absolute atomic E-state index is 0.0131. The van der Waals surface area contributed by atoms with Crippen LogP contribution in [0.25, 0.3) is 0 Å². The molecule has 2 saturated heterocycles. The second-order valence-electron chi connectivity index (χ2n) is 11.0. The molecule has 222 valence electrons. The molecule has 0 spiro atoms. The van der Waals surface area contributed by atoms with E-state index in [1.807, 2.05) is 60.7 Å². The lowest BCUT2D eigenvalue weighted by atomic mass is 10.0. The summed E-state index contributed by atoms with van der Waals surface area (Å²) in [6, 6.07) is 25.1. The molecule has 1 N–H and O–H groups in total. The molecule has 2 fully saturated rings. The maximum Gasteiger partial charge on any atom is 0.247 e. The largest absolute Gasteiger partial charge is 0.376 e. The zero-order chi connectivity index (χ0) is 29.4. The fraction of sp³-hybridized carbons (Fsp3) is 0.394. The van der Waals surface area contributed by atoms with Gasteiger partial charge in [-0.15, -0.1) is 0 Å². The third-order valence-electron chi connectivity index (χ3n) is 7.97. The first-order valence-corrected chi connectivity index (χ1v) is 16.2. The molecule has 0 saturated carbocycles. The van der Waals surface area contributed by atoms with E-state index >= 15 is 0 Å². The van der Waals surface area contributed by atoms with Crippen molar-refractivity contribution in [1.29, 1.82) is 0 Å². The molecule has 2 amide bonds. The second-order valence-corrected chi connectivity index (χ2v) is 12.9. The lowest BCUT2D eigenvalue weighted by Crippen LogP contribution is -2.45. The molecule has 2 heterocycles. The standard InChI is InChI=1S/C33H39N3O5S/c37-31(20-17-26-15-18-30(19-16-26)42(39,40)35-21-7-8-22-35)36(25-27-10-3-1-4-11-27)32(28-12-5-2-6-13-28)33(38)34-24-29-14-9-23-41-29/h1-6,10-13,15-16,18-19,29,32H,7-9,14,17,20-25H2,(H,34,38)/t29-,32-/m1/s1. The number of hydrogen-bond acceptors (Lipinski definition) is 5. The molecule has 2 aliphatic heterocycles. The first kappa shape index (κ1) is 29.9. The third kappa shape index (κ3) is 7.45. The molecule has 0 aliphatic carbocycles. The molecule has 2 aliphatic rings. The molecule has 0 radical (unpaired) electrons. The van der Waals surface area contributed by atoms with Gasteiger partial charge in [-0.1, -0.05) is 72.8 Å². The van der Waals surface area contributed by atoms with Gasteiger partial charge in [0.05, 0.1) is 11.0 Å². The highest BCUT2D eigenvalue weighted by Gasteiger charge is 2.32. The predicted molar refractivity (Wildman–Crippen MR) is 161 cm³/mol. The first-order valence-electron chi connectivity index (χ1n) is 14.8. The summed E-state index contributed by atoms with van der Waals surface area (Å²) in [5.74, 6) is -0.397. The van der Waals surface area contributed by atoms with Crippen LogP contribution in [0.3, 0.4) is 0 Å².